The fourth-order valence-corrected chi connectivity index (χ4v) is 6.95. The summed E-state index contributed by atoms with van der Waals surface area (Å²) in [6.07, 6.45) is 1.97. The van der Waals surface area contributed by atoms with Gasteiger partial charge in [0.15, 0.2) is 34.7 Å². The predicted octanol–water partition coefficient (Wildman–Crippen LogP) is -1.65. The molecule has 3 aliphatic rings. The topological polar surface area (TPSA) is 201 Å². The third-order valence-corrected chi connectivity index (χ3v) is 8.76. The van der Waals surface area contributed by atoms with Crippen molar-refractivity contribution in [1.82, 2.24) is 9.62 Å². The number of nitrogens with two attached hydrogens (primary N) is 1. The summed E-state index contributed by atoms with van der Waals surface area (Å²) in [5.74, 6) is -10.9. The van der Waals surface area contributed by atoms with E-state index in [4.69, 9.17) is 5.73 Å². The number of ketones is 4. The normalized spacial score (nSPS) is 31.1. The van der Waals surface area contributed by atoms with Crippen LogP contribution in [0.4, 0.5) is 0 Å². The van der Waals surface area contributed by atoms with Crippen LogP contribution < -0.4 is 10.5 Å². The van der Waals surface area contributed by atoms with Crippen molar-refractivity contribution in [2.24, 2.45) is 29.4 Å². The van der Waals surface area contributed by atoms with Crippen LogP contribution in [-0.2, 0) is 42.0 Å². The lowest BCUT2D eigenvalue weighted by atomic mass is 9.52. The highest BCUT2D eigenvalue weighted by Crippen LogP contribution is 2.51. The number of nitrogens with zero attached hydrogens (tertiary/aromatic N) is 1. The highest BCUT2D eigenvalue weighted by atomic mass is 32.2. The Labute approximate surface area is 219 Å². The zero-order chi connectivity index (χ0) is 28.3. The van der Waals surface area contributed by atoms with E-state index in [0.717, 1.165) is 6.26 Å². The monoisotopic (exact) mass is 549 g/mol. The number of nitrogens with one attached hydrogen (secondary N) is 1. The lowest BCUT2D eigenvalue weighted by Gasteiger charge is -2.52. The van der Waals surface area contributed by atoms with Crippen LogP contribution in [0.1, 0.15) is 34.3 Å². The van der Waals surface area contributed by atoms with E-state index in [1.54, 1.807) is 6.07 Å². The largest absolute Gasteiger partial charge is 0.507 e. The Kier molecular flexibility index (Phi) is 7.10. The molecule has 1 aromatic rings. The second-order valence-electron chi connectivity index (χ2n) is 10.7. The Balaban J connectivity index is 1.74. The number of benzene rings is 1. The molecule has 0 saturated heterocycles. The third-order valence-electron chi connectivity index (χ3n) is 8.03. The first-order valence-electron chi connectivity index (χ1n) is 12.2. The molecule has 0 aromatic heterocycles. The van der Waals surface area contributed by atoms with Crippen LogP contribution in [0.3, 0.4) is 0 Å². The van der Waals surface area contributed by atoms with E-state index in [-0.39, 0.29) is 30.7 Å². The Bertz CT molecular complexity index is 1360. The van der Waals surface area contributed by atoms with Crippen molar-refractivity contribution < 1.29 is 42.6 Å². The number of rotatable bonds is 7. The molecule has 0 bridgehead atoms. The lowest BCUT2D eigenvalue weighted by molar-refractivity contribution is -0.181. The van der Waals surface area contributed by atoms with Crippen molar-refractivity contribution in [3.63, 3.8) is 0 Å². The molecular weight excluding hydrogens is 518 g/mol. The molecule has 4 rings (SSSR count). The molecule has 2 unspecified atom stereocenters. The number of aliphatic hydroxyl groups is 1. The van der Waals surface area contributed by atoms with Crippen LogP contribution in [-0.4, -0.2) is 91.1 Å². The molecule has 1 aromatic carbocycles. The standard InChI is InChI=1S/C25H31N3O9S/c1-28(2)19-14-10-12-9-13-11(5-4-8-27-38(3,36)37)6-7-15(29)17(13)20(30)16(12)22(32)25(14,35)23(33)18(21(19)31)24(26)34/h6-7,12,14,16,18-19,27,29,35H,4-5,8-10H2,1-3H3,(H2,26,34)/t12-,14-,16?,18?,19-,25-/m1/s1. The Morgan fingerprint density at radius 1 is 1.18 bits per heavy atom. The molecular formula is C25H31N3O9S. The van der Waals surface area contributed by atoms with Gasteiger partial charge in [0.05, 0.1) is 23.8 Å². The van der Waals surface area contributed by atoms with Crippen LogP contribution in [0.25, 0.3) is 0 Å². The molecule has 5 N–H and O–H groups in total. The van der Waals surface area contributed by atoms with E-state index in [2.05, 4.69) is 4.72 Å². The minimum Gasteiger partial charge on any atom is -0.507 e. The number of hydrogen-bond donors (Lipinski definition) is 4. The van der Waals surface area contributed by atoms with Crippen molar-refractivity contribution in [1.29, 1.82) is 0 Å². The number of carbonyl (C=O) groups excluding carboxylic acids is 5. The maximum Gasteiger partial charge on any atom is 0.235 e. The smallest absolute Gasteiger partial charge is 0.235 e. The number of primary amides is 1. The van der Waals surface area contributed by atoms with Gasteiger partial charge in [0, 0.05) is 12.5 Å². The fraction of sp³-hybridized carbons (Fsp3) is 0.560. The zero-order valence-electron chi connectivity index (χ0n) is 21.3. The van der Waals surface area contributed by atoms with Gasteiger partial charge < -0.3 is 15.9 Å². The molecule has 1 amide bonds. The third kappa shape index (κ3) is 4.36. The summed E-state index contributed by atoms with van der Waals surface area (Å²) in [5.41, 5.74) is 3.68. The number of Topliss-reactive ketones (excluding diaryl/α,β-unsaturated/α-hetero) is 4. The summed E-state index contributed by atoms with van der Waals surface area (Å²) in [6, 6.07) is 1.79. The highest BCUT2D eigenvalue weighted by Gasteiger charge is 2.69. The number of phenols is 1. The number of fused-ring (bicyclic) bond motifs is 3. The second-order valence-corrected chi connectivity index (χ2v) is 12.5. The minimum atomic E-state index is -3.37. The molecule has 6 atom stereocenters. The number of amides is 1. The molecule has 3 aliphatic carbocycles. The fourth-order valence-electron chi connectivity index (χ4n) is 6.44. The molecule has 206 valence electrons. The summed E-state index contributed by atoms with van der Waals surface area (Å²) in [5, 5.41) is 22.1. The quantitative estimate of drug-likeness (QED) is 0.225. The first-order valence-corrected chi connectivity index (χ1v) is 14.1. The molecule has 2 fully saturated rings. The molecule has 0 radical (unpaired) electrons. The maximum atomic E-state index is 13.8. The first kappa shape index (κ1) is 28.0. The van der Waals surface area contributed by atoms with Crippen LogP contribution in [0.2, 0.25) is 0 Å². The number of carbonyl (C=O) groups is 5. The van der Waals surface area contributed by atoms with Crippen LogP contribution in [0.5, 0.6) is 5.75 Å². The SMILES string of the molecule is CN(C)[C@H]1C(=O)C(C(N)=O)C(=O)[C@]2(O)C(=O)C3C(=O)c4c(O)ccc(CCCNS(C)(=O)=O)c4C[C@@H]3C[C@H]12. The lowest BCUT2D eigenvalue weighted by Crippen LogP contribution is -2.74. The Morgan fingerprint density at radius 2 is 1.84 bits per heavy atom. The van der Waals surface area contributed by atoms with Gasteiger partial charge in [-0.05, 0) is 62.9 Å². The van der Waals surface area contributed by atoms with Crippen molar-refractivity contribution in [2.75, 3.05) is 26.9 Å². The van der Waals surface area contributed by atoms with Gasteiger partial charge in [-0.25, -0.2) is 13.1 Å². The second kappa shape index (κ2) is 9.63. The van der Waals surface area contributed by atoms with Crippen LogP contribution in [0.15, 0.2) is 12.1 Å². The molecule has 12 nitrogen and oxygen atoms in total. The van der Waals surface area contributed by atoms with Crippen molar-refractivity contribution in [3.05, 3.63) is 28.8 Å². The number of aromatic hydroxyl groups is 1. The molecule has 38 heavy (non-hydrogen) atoms. The van der Waals surface area contributed by atoms with Crippen LogP contribution in [0, 0.1) is 23.7 Å². The van der Waals surface area contributed by atoms with E-state index < -0.39 is 74.4 Å². The number of aryl methyl sites for hydroxylation is 1. The number of hydrogen-bond acceptors (Lipinski definition) is 10. The Hall–Kier alpha value is -3.00. The zero-order valence-corrected chi connectivity index (χ0v) is 22.1. The summed E-state index contributed by atoms with van der Waals surface area (Å²) in [4.78, 5) is 67.3. The number of likely N-dealkylation sites (N-methyl/N-ethyl adjacent to an activating group) is 1. The van der Waals surface area contributed by atoms with E-state index >= 15 is 0 Å². The van der Waals surface area contributed by atoms with Gasteiger partial charge >= 0.3 is 0 Å². The molecule has 2 saturated carbocycles. The van der Waals surface area contributed by atoms with Crippen molar-refractivity contribution in [2.45, 2.75) is 37.3 Å². The minimum absolute atomic E-state index is 0.0331. The van der Waals surface area contributed by atoms with E-state index in [9.17, 15) is 42.6 Å². The van der Waals surface area contributed by atoms with E-state index in [0.29, 0.717) is 24.0 Å². The molecule has 0 aliphatic heterocycles. The summed E-state index contributed by atoms with van der Waals surface area (Å²) >= 11 is 0. The van der Waals surface area contributed by atoms with E-state index in [1.807, 2.05) is 0 Å². The molecule has 0 heterocycles. The average Bonchev–Trinajstić information content (AvgIpc) is 2.79. The first-order chi connectivity index (χ1) is 17.6. The number of sulfonamides is 1. The van der Waals surface area contributed by atoms with E-state index in [1.165, 1.54) is 25.1 Å². The molecule has 13 heteroatoms. The van der Waals surface area contributed by atoms with Crippen molar-refractivity contribution >= 4 is 39.1 Å². The summed E-state index contributed by atoms with van der Waals surface area (Å²) in [6.45, 7) is 0.165. The summed E-state index contributed by atoms with van der Waals surface area (Å²) < 4.78 is 25.1. The van der Waals surface area contributed by atoms with Crippen molar-refractivity contribution in [3.8, 4) is 5.75 Å². The maximum absolute atomic E-state index is 13.8. The van der Waals surface area contributed by atoms with Gasteiger partial charge in [-0.15, -0.1) is 0 Å². The van der Waals surface area contributed by atoms with Gasteiger partial charge in [-0.2, -0.15) is 0 Å². The van der Waals surface area contributed by atoms with Crippen LogP contribution >= 0.6 is 0 Å². The van der Waals surface area contributed by atoms with Gasteiger partial charge in [0.1, 0.15) is 5.75 Å². The average molecular weight is 550 g/mol. The van der Waals surface area contributed by atoms with Gasteiger partial charge in [-0.1, -0.05) is 6.07 Å². The summed E-state index contributed by atoms with van der Waals surface area (Å²) in [7, 11) is -0.328. The Morgan fingerprint density at radius 3 is 2.42 bits per heavy atom. The molecule has 0 spiro atoms. The number of phenolic OH excluding ortho intramolecular Hbond substituents is 1. The van der Waals surface area contributed by atoms with Gasteiger partial charge in [0.2, 0.25) is 15.9 Å². The van der Waals surface area contributed by atoms with Gasteiger partial charge in [0.25, 0.3) is 0 Å². The highest BCUT2D eigenvalue weighted by molar-refractivity contribution is 7.88. The van der Waals surface area contributed by atoms with Gasteiger partial charge in [-0.3, -0.25) is 28.9 Å². The predicted molar refractivity (Wildman–Crippen MR) is 133 cm³/mol.